The van der Waals surface area contributed by atoms with Gasteiger partial charge in [-0.05, 0) is 38.0 Å². The van der Waals surface area contributed by atoms with Gasteiger partial charge in [-0.2, -0.15) is 0 Å². The minimum atomic E-state index is -0.464. The fourth-order valence-corrected chi connectivity index (χ4v) is 3.53. The molecule has 1 aromatic carbocycles. The van der Waals surface area contributed by atoms with Gasteiger partial charge in [-0.25, -0.2) is 24.1 Å². The summed E-state index contributed by atoms with van der Waals surface area (Å²) >= 11 is 0. The average Bonchev–Trinajstić information content (AvgIpc) is 3.44. The highest BCUT2D eigenvalue weighted by Gasteiger charge is 2.30. The molecule has 0 spiro atoms. The maximum Gasteiger partial charge on any atom is 0.358 e. The number of aromatic nitrogens is 4. The lowest BCUT2D eigenvalue weighted by Gasteiger charge is -2.10. The van der Waals surface area contributed by atoms with E-state index in [2.05, 4.69) is 9.97 Å². The SMILES string of the molecule is CCOC(=O)c1ncn2c1Cc1cnc(C3CC3)nc1-c1cc(F)ccc1-2. The van der Waals surface area contributed by atoms with Gasteiger partial charge in [0.15, 0.2) is 5.69 Å². The van der Waals surface area contributed by atoms with Crippen molar-refractivity contribution in [3.05, 3.63) is 59.3 Å². The van der Waals surface area contributed by atoms with E-state index in [1.807, 2.05) is 4.57 Å². The largest absolute Gasteiger partial charge is 0.461 e. The molecule has 3 aromatic rings. The van der Waals surface area contributed by atoms with Crippen LogP contribution in [-0.2, 0) is 11.2 Å². The Morgan fingerprint density at radius 1 is 1.33 bits per heavy atom. The number of halogens is 1. The van der Waals surface area contributed by atoms with Crippen LogP contribution in [0.15, 0.2) is 30.7 Å². The van der Waals surface area contributed by atoms with Gasteiger partial charge in [-0.3, -0.25) is 0 Å². The van der Waals surface area contributed by atoms with E-state index < -0.39 is 5.97 Å². The normalized spacial score (nSPS) is 14.7. The topological polar surface area (TPSA) is 69.9 Å². The summed E-state index contributed by atoms with van der Waals surface area (Å²) in [5.41, 5.74) is 3.96. The number of benzene rings is 1. The van der Waals surface area contributed by atoms with Gasteiger partial charge in [0.2, 0.25) is 0 Å². The predicted octanol–water partition coefficient (Wildman–Crippen LogP) is 3.43. The highest BCUT2D eigenvalue weighted by atomic mass is 19.1. The first-order valence-electron chi connectivity index (χ1n) is 9.05. The quantitative estimate of drug-likeness (QED) is 0.521. The van der Waals surface area contributed by atoms with E-state index in [-0.39, 0.29) is 18.1 Å². The highest BCUT2D eigenvalue weighted by molar-refractivity contribution is 5.89. The van der Waals surface area contributed by atoms with Gasteiger partial charge >= 0.3 is 5.97 Å². The number of carbonyl (C=O) groups excluding carboxylic acids is 1. The van der Waals surface area contributed by atoms with Crippen molar-refractivity contribution in [3.8, 4) is 16.9 Å². The minimum absolute atomic E-state index is 0.270. The molecule has 3 heterocycles. The summed E-state index contributed by atoms with van der Waals surface area (Å²) in [4.78, 5) is 25.9. The Kier molecular flexibility index (Phi) is 3.56. The van der Waals surface area contributed by atoms with Crippen LogP contribution in [0.1, 0.15) is 53.3 Å². The molecule has 136 valence electrons. The number of ether oxygens (including phenoxy) is 1. The summed E-state index contributed by atoms with van der Waals surface area (Å²) < 4.78 is 21.0. The molecule has 5 rings (SSSR count). The van der Waals surface area contributed by atoms with Crippen LogP contribution in [0, 0.1) is 5.82 Å². The fourth-order valence-electron chi connectivity index (χ4n) is 3.53. The Morgan fingerprint density at radius 3 is 2.96 bits per heavy atom. The molecule has 0 atom stereocenters. The zero-order valence-electron chi connectivity index (χ0n) is 14.8. The van der Waals surface area contributed by atoms with Gasteiger partial charge in [-0.1, -0.05) is 0 Å². The third-order valence-corrected chi connectivity index (χ3v) is 4.99. The van der Waals surface area contributed by atoms with Crippen LogP contribution in [0.3, 0.4) is 0 Å². The van der Waals surface area contributed by atoms with Crippen molar-refractivity contribution >= 4 is 5.97 Å². The monoisotopic (exact) mass is 364 g/mol. The zero-order valence-corrected chi connectivity index (χ0v) is 14.8. The van der Waals surface area contributed by atoms with Gasteiger partial charge in [0, 0.05) is 29.7 Å². The molecule has 2 aliphatic rings. The van der Waals surface area contributed by atoms with Crippen LogP contribution < -0.4 is 0 Å². The van der Waals surface area contributed by atoms with E-state index in [0.717, 1.165) is 35.6 Å². The second-order valence-corrected chi connectivity index (χ2v) is 6.84. The van der Waals surface area contributed by atoms with Crippen molar-refractivity contribution in [2.45, 2.75) is 32.1 Å². The summed E-state index contributed by atoms with van der Waals surface area (Å²) in [5.74, 6) is 0.403. The van der Waals surface area contributed by atoms with Crippen LogP contribution in [0.5, 0.6) is 0 Å². The summed E-state index contributed by atoms with van der Waals surface area (Å²) in [6, 6.07) is 4.58. The Bertz CT molecular complexity index is 1070. The summed E-state index contributed by atoms with van der Waals surface area (Å²) in [5, 5.41) is 0. The van der Waals surface area contributed by atoms with Crippen molar-refractivity contribution in [1.29, 1.82) is 0 Å². The number of rotatable bonds is 3. The molecule has 6 nitrogen and oxygen atoms in total. The van der Waals surface area contributed by atoms with Crippen molar-refractivity contribution in [3.63, 3.8) is 0 Å². The molecule has 0 unspecified atom stereocenters. The lowest BCUT2D eigenvalue weighted by molar-refractivity contribution is 0.0519. The molecular weight excluding hydrogens is 347 g/mol. The number of fused-ring (bicyclic) bond motifs is 5. The molecule has 0 saturated heterocycles. The molecule has 0 amide bonds. The lowest BCUT2D eigenvalue weighted by atomic mass is 10.0. The van der Waals surface area contributed by atoms with Gasteiger partial charge in [0.05, 0.1) is 23.7 Å². The molecule has 27 heavy (non-hydrogen) atoms. The number of imidazole rings is 1. The Labute approximate surface area is 155 Å². The zero-order chi connectivity index (χ0) is 18.5. The second-order valence-electron chi connectivity index (χ2n) is 6.84. The second kappa shape index (κ2) is 5.97. The van der Waals surface area contributed by atoms with Crippen molar-refractivity contribution in [2.75, 3.05) is 6.61 Å². The van der Waals surface area contributed by atoms with Crippen LogP contribution in [0.25, 0.3) is 16.9 Å². The number of hydrogen-bond donors (Lipinski definition) is 0. The molecule has 1 saturated carbocycles. The van der Waals surface area contributed by atoms with Crippen molar-refractivity contribution in [2.24, 2.45) is 0 Å². The molecule has 0 radical (unpaired) electrons. The number of carbonyl (C=O) groups is 1. The standard InChI is InChI=1S/C20H17FN4O2/c1-2-27-20(26)18-16-7-12-9-22-19(11-3-4-11)24-17(12)14-8-13(21)5-6-15(14)25(16)10-23-18/h5-6,8-11H,2-4,7H2,1H3. The molecule has 2 aromatic heterocycles. The van der Waals surface area contributed by atoms with Gasteiger partial charge in [0.25, 0.3) is 0 Å². The van der Waals surface area contributed by atoms with Crippen LogP contribution >= 0.6 is 0 Å². The van der Waals surface area contributed by atoms with Crippen LogP contribution in [0.4, 0.5) is 4.39 Å². The van der Waals surface area contributed by atoms with Gasteiger partial charge < -0.3 is 9.30 Å². The van der Waals surface area contributed by atoms with E-state index in [1.54, 1.807) is 25.5 Å². The molecule has 0 N–H and O–H groups in total. The first-order chi connectivity index (χ1) is 13.2. The minimum Gasteiger partial charge on any atom is -0.461 e. The maximum atomic E-state index is 14.1. The van der Waals surface area contributed by atoms with E-state index in [4.69, 9.17) is 9.72 Å². The van der Waals surface area contributed by atoms with Crippen molar-refractivity contribution in [1.82, 2.24) is 19.5 Å². The summed E-state index contributed by atoms with van der Waals surface area (Å²) in [6.45, 7) is 2.03. The predicted molar refractivity (Wildman–Crippen MR) is 95.3 cm³/mol. The number of nitrogens with zero attached hydrogens (tertiary/aromatic N) is 4. The van der Waals surface area contributed by atoms with E-state index in [0.29, 0.717) is 23.6 Å². The third kappa shape index (κ3) is 2.61. The van der Waals surface area contributed by atoms with Gasteiger partial charge in [0.1, 0.15) is 18.0 Å². The Morgan fingerprint density at radius 2 is 2.19 bits per heavy atom. The van der Waals surface area contributed by atoms with Crippen LogP contribution in [-0.4, -0.2) is 32.1 Å². The Balaban J connectivity index is 1.74. The Hall–Kier alpha value is -3.09. The van der Waals surface area contributed by atoms with E-state index >= 15 is 0 Å². The third-order valence-electron chi connectivity index (χ3n) is 4.99. The molecule has 7 heteroatoms. The van der Waals surface area contributed by atoms with E-state index in [1.165, 1.54) is 12.1 Å². The number of hydrogen-bond acceptors (Lipinski definition) is 5. The lowest BCUT2D eigenvalue weighted by Crippen LogP contribution is -2.10. The first-order valence-corrected chi connectivity index (χ1v) is 9.05. The van der Waals surface area contributed by atoms with Crippen molar-refractivity contribution < 1.29 is 13.9 Å². The number of esters is 1. The molecule has 0 bridgehead atoms. The van der Waals surface area contributed by atoms with Gasteiger partial charge in [-0.15, -0.1) is 0 Å². The summed E-state index contributed by atoms with van der Waals surface area (Å²) in [6.07, 6.45) is 5.98. The summed E-state index contributed by atoms with van der Waals surface area (Å²) in [7, 11) is 0. The smallest absolute Gasteiger partial charge is 0.358 e. The first kappa shape index (κ1) is 16.1. The molecule has 1 fully saturated rings. The average molecular weight is 364 g/mol. The molecule has 1 aliphatic heterocycles. The molecular formula is C20H17FN4O2. The van der Waals surface area contributed by atoms with E-state index in [9.17, 15) is 9.18 Å². The highest BCUT2D eigenvalue weighted by Crippen LogP contribution is 2.41. The molecule has 1 aliphatic carbocycles. The van der Waals surface area contributed by atoms with Crippen LogP contribution in [0.2, 0.25) is 0 Å². The fraction of sp³-hybridized carbons (Fsp3) is 0.300. The maximum absolute atomic E-state index is 14.1.